The van der Waals surface area contributed by atoms with E-state index < -0.39 is 36.1 Å². The molecule has 0 saturated carbocycles. The molecule has 30 heavy (non-hydrogen) atoms. The van der Waals surface area contributed by atoms with Crippen molar-refractivity contribution in [1.29, 1.82) is 0 Å². The molecule has 0 bridgehead atoms. The van der Waals surface area contributed by atoms with Crippen molar-refractivity contribution >= 4 is 34.8 Å². The van der Waals surface area contributed by atoms with Crippen molar-refractivity contribution in [2.45, 2.75) is 24.5 Å². The zero-order chi connectivity index (χ0) is 21.4. The number of rotatable bonds is 5. The molecule has 4 rings (SSSR count). The van der Waals surface area contributed by atoms with Gasteiger partial charge in [0.05, 0.1) is 11.5 Å². The van der Waals surface area contributed by atoms with Crippen LogP contribution in [0.3, 0.4) is 0 Å². The summed E-state index contributed by atoms with van der Waals surface area (Å²) in [5.74, 6) is 0.417. The first-order valence-corrected chi connectivity index (χ1v) is 8.94. The number of nitrogens with two attached hydrogens (primary N) is 1. The lowest BCUT2D eigenvalue weighted by Crippen LogP contribution is -2.33. The number of nitro benzene ring substituents is 1. The summed E-state index contributed by atoms with van der Waals surface area (Å²) in [6, 6.07) is 5.89. The molecule has 12 nitrogen and oxygen atoms in total. The van der Waals surface area contributed by atoms with E-state index in [2.05, 4.69) is 15.0 Å². The summed E-state index contributed by atoms with van der Waals surface area (Å²) >= 11 is 0. The van der Waals surface area contributed by atoms with Crippen molar-refractivity contribution in [3.05, 3.63) is 52.1 Å². The Morgan fingerprint density at radius 3 is 2.57 bits per heavy atom. The Labute approximate surface area is 169 Å². The van der Waals surface area contributed by atoms with E-state index in [0.29, 0.717) is 11.4 Å². The Morgan fingerprint density at radius 2 is 1.93 bits per heavy atom. The van der Waals surface area contributed by atoms with Crippen LogP contribution in [0.5, 0.6) is 0 Å². The van der Waals surface area contributed by atoms with Gasteiger partial charge in [0.25, 0.3) is 5.69 Å². The molecule has 156 valence electrons. The Kier molecular flexibility index (Phi) is 5.13. The van der Waals surface area contributed by atoms with Crippen LogP contribution in [0.2, 0.25) is 0 Å². The smallest absolute Gasteiger partial charge is 0.269 e. The Morgan fingerprint density at radius 1 is 1.20 bits per heavy atom. The van der Waals surface area contributed by atoms with E-state index in [9.17, 15) is 25.4 Å². The van der Waals surface area contributed by atoms with Gasteiger partial charge in [0, 0.05) is 12.1 Å². The van der Waals surface area contributed by atoms with Gasteiger partial charge in [0.1, 0.15) is 30.5 Å². The van der Waals surface area contributed by atoms with Gasteiger partial charge in [-0.1, -0.05) is 6.08 Å². The molecule has 1 saturated heterocycles. The Balaban J connectivity index is 1.77. The number of hydrogen-bond donors (Lipinski definition) is 4. The second kappa shape index (κ2) is 7.76. The predicted molar refractivity (Wildman–Crippen MR) is 105 cm³/mol. The van der Waals surface area contributed by atoms with Crippen molar-refractivity contribution < 1.29 is 25.0 Å². The van der Waals surface area contributed by atoms with Crippen LogP contribution >= 0.6 is 0 Å². The third-order valence-corrected chi connectivity index (χ3v) is 4.83. The maximum absolute atomic E-state index is 10.8. The first-order valence-electron chi connectivity index (χ1n) is 8.94. The fraction of sp³-hybridized carbons (Fsp3) is 0.278. The van der Waals surface area contributed by atoms with Crippen LogP contribution < -0.4 is 5.73 Å². The monoisotopic (exact) mass is 414 g/mol. The van der Waals surface area contributed by atoms with Gasteiger partial charge in [-0.25, -0.2) is 15.0 Å². The number of ether oxygens (including phenoxy) is 1. The molecular weight excluding hydrogens is 396 g/mol. The quantitative estimate of drug-likeness (QED) is 0.330. The van der Waals surface area contributed by atoms with Gasteiger partial charge in [-0.05, 0) is 23.8 Å². The molecule has 3 aromatic rings. The molecule has 0 radical (unpaired) electrons. The van der Waals surface area contributed by atoms with Crippen molar-refractivity contribution in [3.8, 4) is 0 Å². The third kappa shape index (κ3) is 3.37. The fourth-order valence-corrected chi connectivity index (χ4v) is 3.28. The SMILES string of the molecule is Nc1ncnc2c1nc(/C=C/c1ccc([N+](=O)[O-])cc1)n2[C@@H]1O[C@H](CO)[C@@H](O)[C@H]1O. The van der Waals surface area contributed by atoms with E-state index >= 15 is 0 Å². The molecule has 3 heterocycles. The molecule has 2 aromatic heterocycles. The van der Waals surface area contributed by atoms with E-state index in [0.717, 1.165) is 0 Å². The summed E-state index contributed by atoms with van der Waals surface area (Å²) in [5, 5.41) is 40.8. The van der Waals surface area contributed by atoms with Crippen molar-refractivity contribution in [3.63, 3.8) is 0 Å². The average molecular weight is 414 g/mol. The van der Waals surface area contributed by atoms with E-state index in [1.54, 1.807) is 24.3 Å². The molecule has 5 N–H and O–H groups in total. The Hall–Kier alpha value is -3.45. The molecule has 1 fully saturated rings. The number of anilines is 1. The highest BCUT2D eigenvalue weighted by Crippen LogP contribution is 2.34. The number of non-ortho nitro benzene ring substituents is 1. The molecule has 1 aliphatic heterocycles. The van der Waals surface area contributed by atoms with Crippen LogP contribution in [0.25, 0.3) is 23.3 Å². The van der Waals surface area contributed by atoms with Gasteiger partial charge in [-0.2, -0.15) is 0 Å². The maximum Gasteiger partial charge on any atom is 0.269 e. The summed E-state index contributed by atoms with van der Waals surface area (Å²) in [7, 11) is 0. The average Bonchev–Trinajstić information content (AvgIpc) is 3.25. The number of nitro groups is 1. The van der Waals surface area contributed by atoms with Gasteiger partial charge >= 0.3 is 0 Å². The molecule has 1 aromatic carbocycles. The first kappa shape index (κ1) is 19.8. The number of aliphatic hydroxyl groups excluding tert-OH is 3. The molecule has 0 amide bonds. The lowest BCUT2D eigenvalue weighted by atomic mass is 10.1. The zero-order valence-corrected chi connectivity index (χ0v) is 15.4. The van der Waals surface area contributed by atoms with Crippen LogP contribution in [-0.4, -0.2) is 64.7 Å². The normalized spacial score (nSPS) is 24.1. The highest BCUT2D eigenvalue weighted by atomic mass is 16.6. The first-order chi connectivity index (χ1) is 14.4. The number of imidazole rings is 1. The number of benzene rings is 1. The van der Waals surface area contributed by atoms with Crippen LogP contribution in [0.1, 0.15) is 17.6 Å². The molecule has 0 unspecified atom stereocenters. The minimum Gasteiger partial charge on any atom is -0.394 e. The minimum atomic E-state index is -1.35. The van der Waals surface area contributed by atoms with E-state index in [4.69, 9.17) is 10.5 Å². The van der Waals surface area contributed by atoms with E-state index in [-0.39, 0.29) is 22.7 Å². The Bertz CT molecular complexity index is 1110. The minimum absolute atomic E-state index is 0.0334. The summed E-state index contributed by atoms with van der Waals surface area (Å²) < 4.78 is 7.08. The number of hydrogen-bond acceptors (Lipinski definition) is 10. The van der Waals surface area contributed by atoms with Gasteiger partial charge in [0.2, 0.25) is 0 Å². The molecule has 12 heteroatoms. The summed E-state index contributed by atoms with van der Waals surface area (Å²) in [5.41, 5.74) is 7.08. The molecule has 0 spiro atoms. The van der Waals surface area contributed by atoms with Crippen molar-refractivity contribution in [2.24, 2.45) is 0 Å². The second-order valence-electron chi connectivity index (χ2n) is 6.68. The topological polar surface area (TPSA) is 183 Å². The number of fused-ring (bicyclic) bond motifs is 1. The molecule has 1 aliphatic rings. The van der Waals surface area contributed by atoms with Crippen LogP contribution in [0.15, 0.2) is 30.6 Å². The van der Waals surface area contributed by atoms with Gasteiger partial charge < -0.3 is 25.8 Å². The highest BCUT2D eigenvalue weighted by Gasteiger charge is 2.44. The fourth-order valence-electron chi connectivity index (χ4n) is 3.28. The zero-order valence-electron chi connectivity index (χ0n) is 15.4. The molecular formula is C18H18N6O6. The standard InChI is InChI=1S/C18H18N6O6/c19-16-13-17(21-8-20-16)23(18-15(27)14(26)11(7-25)30-18)12(22-13)6-3-9-1-4-10(5-2-9)24(28)29/h1-6,8,11,14-15,18,25-27H,7H2,(H2,19,20,21)/b6-3+/t11-,14-,15-,18-/m1/s1. The lowest BCUT2D eigenvalue weighted by molar-refractivity contribution is -0.384. The number of aliphatic hydroxyl groups is 3. The maximum atomic E-state index is 10.8. The highest BCUT2D eigenvalue weighted by molar-refractivity contribution is 5.84. The lowest BCUT2D eigenvalue weighted by Gasteiger charge is -2.18. The van der Waals surface area contributed by atoms with Crippen molar-refractivity contribution in [2.75, 3.05) is 12.3 Å². The predicted octanol–water partition coefficient (Wildman–Crippen LogP) is 0.0986. The van der Waals surface area contributed by atoms with Crippen LogP contribution in [0.4, 0.5) is 11.5 Å². The third-order valence-electron chi connectivity index (χ3n) is 4.83. The molecule has 4 atom stereocenters. The van der Waals surface area contributed by atoms with E-state index in [1.165, 1.54) is 23.0 Å². The number of nitrogen functional groups attached to an aromatic ring is 1. The summed E-state index contributed by atoms with van der Waals surface area (Å²) in [6.07, 6.45) is -0.212. The second-order valence-corrected chi connectivity index (χ2v) is 6.68. The number of nitrogens with zero attached hydrogens (tertiary/aromatic N) is 5. The van der Waals surface area contributed by atoms with Crippen molar-refractivity contribution in [1.82, 2.24) is 19.5 Å². The largest absolute Gasteiger partial charge is 0.394 e. The van der Waals surface area contributed by atoms with Crippen LogP contribution in [-0.2, 0) is 4.74 Å². The van der Waals surface area contributed by atoms with Gasteiger partial charge in [0.15, 0.2) is 23.2 Å². The number of aromatic nitrogens is 4. The summed E-state index contributed by atoms with van der Waals surface area (Å²) in [4.78, 5) is 22.8. The van der Waals surface area contributed by atoms with E-state index in [1.807, 2.05) is 0 Å². The molecule has 0 aliphatic carbocycles. The van der Waals surface area contributed by atoms with Crippen LogP contribution in [0, 0.1) is 10.1 Å². The van der Waals surface area contributed by atoms with Gasteiger partial charge in [-0.3, -0.25) is 14.7 Å². The van der Waals surface area contributed by atoms with Gasteiger partial charge in [-0.15, -0.1) is 0 Å². The summed E-state index contributed by atoms with van der Waals surface area (Å²) in [6.45, 7) is -0.480.